The zero-order valence-corrected chi connectivity index (χ0v) is 5.86. The molecule has 1 saturated carbocycles. The summed E-state index contributed by atoms with van der Waals surface area (Å²) < 4.78 is 0. The minimum absolute atomic E-state index is 0. The summed E-state index contributed by atoms with van der Waals surface area (Å²) >= 11 is 0. The van der Waals surface area contributed by atoms with Crippen molar-refractivity contribution < 1.29 is 4.79 Å². The van der Waals surface area contributed by atoms with Gasteiger partial charge in [-0.2, -0.15) is 0 Å². The Labute approximate surface area is 60.2 Å². The van der Waals surface area contributed by atoms with E-state index in [1.54, 1.807) is 0 Å². The van der Waals surface area contributed by atoms with Gasteiger partial charge >= 0.3 is 0 Å². The highest BCUT2D eigenvalue weighted by molar-refractivity contribution is 5.85. The summed E-state index contributed by atoms with van der Waals surface area (Å²) in [5.41, 5.74) is 10.3. The lowest BCUT2D eigenvalue weighted by atomic mass is 10.3. The Kier molecular flexibility index (Phi) is 2.94. The molecule has 54 valence electrons. The molecule has 0 aliphatic heterocycles. The number of carbonyl (C=O) groups excluding carboxylic acids is 1. The van der Waals surface area contributed by atoms with E-state index in [2.05, 4.69) is 0 Å². The first-order chi connectivity index (χ1) is 3.70. The lowest BCUT2D eigenvalue weighted by molar-refractivity contribution is -0.118. The molecular weight excluding hydrogens is 140 g/mol. The first-order valence-corrected chi connectivity index (χ1v) is 2.74. The van der Waals surface area contributed by atoms with Gasteiger partial charge in [0.15, 0.2) is 0 Å². The van der Waals surface area contributed by atoms with Gasteiger partial charge in [0.1, 0.15) is 0 Å². The number of halogens is 1. The van der Waals surface area contributed by atoms with E-state index in [0.29, 0.717) is 12.3 Å². The summed E-state index contributed by atoms with van der Waals surface area (Å²) in [5, 5.41) is 0. The van der Waals surface area contributed by atoms with Crippen LogP contribution in [0, 0.1) is 5.92 Å². The van der Waals surface area contributed by atoms with Crippen LogP contribution >= 0.6 is 12.4 Å². The van der Waals surface area contributed by atoms with Crippen molar-refractivity contribution >= 4 is 18.3 Å². The summed E-state index contributed by atoms with van der Waals surface area (Å²) in [6.07, 6.45) is 1.45. The molecule has 1 aliphatic carbocycles. The van der Waals surface area contributed by atoms with E-state index in [1.165, 1.54) is 0 Å². The molecule has 0 aromatic heterocycles. The van der Waals surface area contributed by atoms with Crippen molar-refractivity contribution in [2.45, 2.75) is 18.9 Å². The van der Waals surface area contributed by atoms with E-state index in [-0.39, 0.29) is 24.4 Å². The molecule has 0 spiro atoms. The second-order valence-electron chi connectivity index (χ2n) is 2.33. The molecule has 0 saturated heterocycles. The molecule has 4 heteroatoms. The number of nitrogens with two attached hydrogens (primary N) is 2. The van der Waals surface area contributed by atoms with Gasteiger partial charge in [-0.25, -0.2) is 0 Å². The molecule has 1 unspecified atom stereocenters. The molecule has 4 N–H and O–H groups in total. The van der Waals surface area contributed by atoms with Gasteiger partial charge < -0.3 is 11.5 Å². The molecule has 9 heavy (non-hydrogen) atoms. The second kappa shape index (κ2) is 3.03. The lowest BCUT2D eigenvalue weighted by Gasteiger charge is -1.87. The van der Waals surface area contributed by atoms with Gasteiger partial charge in [-0.1, -0.05) is 0 Å². The zero-order chi connectivity index (χ0) is 6.15. The molecule has 1 fully saturated rings. The van der Waals surface area contributed by atoms with Crippen LogP contribution in [0.25, 0.3) is 0 Å². The quantitative estimate of drug-likeness (QED) is 0.564. The third-order valence-corrected chi connectivity index (χ3v) is 1.44. The topological polar surface area (TPSA) is 69.1 Å². The van der Waals surface area contributed by atoms with E-state index in [9.17, 15) is 4.79 Å². The average Bonchev–Trinajstić information content (AvgIpc) is 2.17. The SMILES string of the molecule is Cl.NC(=O)C[C@H]1CC1N. The maximum Gasteiger partial charge on any atom is 0.217 e. The number of primary amides is 1. The molecule has 0 heterocycles. The van der Waals surface area contributed by atoms with Crippen LogP contribution in [-0.2, 0) is 4.79 Å². The Bertz CT molecular complexity index is 118. The predicted molar refractivity (Wildman–Crippen MR) is 37.1 cm³/mol. The van der Waals surface area contributed by atoms with Crippen LogP contribution in [0.15, 0.2) is 0 Å². The number of hydrogen-bond acceptors (Lipinski definition) is 2. The van der Waals surface area contributed by atoms with E-state index in [4.69, 9.17) is 11.5 Å². The van der Waals surface area contributed by atoms with Crippen molar-refractivity contribution in [2.24, 2.45) is 17.4 Å². The van der Waals surface area contributed by atoms with E-state index in [0.717, 1.165) is 6.42 Å². The van der Waals surface area contributed by atoms with E-state index >= 15 is 0 Å². The highest BCUT2D eigenvalue weighted by Crippen LogP contribution is 2.30. The summed E-state index contributed by atoms with van der Waals surface area (Å²) in [6, 6.07) is 0.252. The molecule has 1 rings (SSSR count). The molecule has 3 nitrogen and oxygen atoms in total. The van der Waals surface area contributed by atoms with Crippen molar-refractivity contribution in [3.05, 3.63) is 0 Å². The Morgan fingerprint density at radius 1 is 1.67 bits per heavy atom. The third kappa shape index (κ3) is 2.67. The summed E-state index contributed by atoms with van der Waals surface area (Å²) in [4.78, 5) is 10.2. The smallest absolute Gasteiger partial charge is 0.217 e. The number of hydrogen-bond donors (Lipinski definition) is 2. The van der Waals surface area contributed by atoms with Crippen LogP contribution in [0.4, 0.5) is 0 Å². The standard InChI is InChI=1S/C5H10N2O.ClH/c6-4-1-3(4)2-5(7)8;/h3-4H,1-2,6H2,(H2,7,8);1H/t3-,4?;/m1./s1. The Balaban J connectivity index is 0.000000640. The van der Waals surface area contributed by atoms with Gasteiger partial charge in [0.05, 0.1) is 0 Å². The highest BCUT2D eigenvalue weighted by Gasteiger charge is 2.34. The second-order valence-corrected chi connectivity index (χ2v) is 2.33. The van der Waals surface area contributed by atoms with E-state index < -0.39 is 0 Å². The van der Waals surface area contributed by atoms with Gasteiger partial charge in [0, 0.05) is 12.5 Å². The third-order valence-electron chi connectivity index (χ3n) is 1.44. The van der Waals surface area contributed by atoms with Gasteiger partial charge in [0.2, 0.25) is 5.91 Å². The van der Waals surface area contributed by atoms with E-state index in [1.807, 2.05) is 0 Å². The normalized spacial score (nSPS) is 30.8. The van der Waals surface area contributed by atoms with Gasteiger partial charge in [0.25, 0.3) is 0 Å². The lowest BCUT2D eigenvalue weighted by Crippen LogP contribution is -2.13. The fourth-order valence-corrected chi connectivity index (χ4v) is 0.764. The van der Waals surface area contributed by atoms with Gasteiger partial charge in [-0.3, -0.25) is 4.79 Å². The fourth-order valence-electron chi connectivity index (χ4n) is 0.764. The predicted octanol–water partition coefficient (Wildman–Crippen LogP) is -0.369. The van der Waals surface area contributed by atoms with Crippen molar-refractivity contribution in [3.8, 4) is 0 Å². The maximum absolute atomic E-state index is 10.2. The van der Waals surface area contributed by atoms with Crippen LogP contribution in [0.3, 0.4) is 0 Å². The summed E-state index contributed by atoms with van der Waals surface area (Å²) in [6.45, 7) is 0. The molecule has 0 radical (unpaired) electrons. The van der Waals surface area contributed by atoms with Crippen molar-refractivity contribution in [3.63, 3.8) is 0 Å². The molecule has 1 aliphatic rings. The Hall–Kier alpha value is -0.280. The van der Waals surface area contributed by atoms with Crippen molar-refractivity contribution in [1.29, 1.82) is 0 Å². The molecule has 0 aromatic rings. The number of carbonyl (C=O) groups is 1. The summed E-state index contributed by atoms with van der Waals surface area (Å²) in [7, 11) is 0. The van der Waals surface area contributed by atoms with Crippen LogP contribution < -0.4 is 11.5 Å². The molecule has 0 aromatic carbocycles. The maximum atomic E-state index is 10.2. The Morgan fingerprint density at radius 2 is 2.11 bits per heavy atom. The summed E-state index contributed by atoms with van der Waals surface area (Å²) in [5.74, 6) is 0.162. The monoisotopic (exact) mass is 150 g/mol. The minimum atomic E-state index is -0.233. The zero-order valence-electron chi connectivity index (χ0n) is 5.04. The average molecular weight is 151 g/mol. The van der Waals surface area contributed by atoms with Crippen LogP contribution in [0.5, 0.6) is 0 Å². The number of rotatable bonds is 2. The van der Waals surface area contributed by atoms with Crippen LogP contribution in [0.2, 0.25) is 0 Å². The molecule has 2 atom stereocenters. The van der Waals surface area contributed by atoms with Crippen LogP contribution in [0.1, 0.15) is 12.8 Å². The van der Waals surface area contributed by atoms with Crippen molar-refractivity contribution in [2.75, 3.05) is 0 Å². The first kappa shape index (κ1) is 8.72. The molecule has 1 amide bonds. The molecular formula is C5H11ClN2O. The van der Waals surface area contributed by atoms with Crippen molar-refractivity contribution in [1.82, 2.24) is 0 Å². The fraction of sp³-hybridized carbons (Fsp3) is 0.800. The first-order valence-electron chi connectivity index (χ1n) is 2.74. The molecule has 0 bridgehead atoms. The Morgan fingerprint density at radius 3 is 2.22 bits per heavy atom. The van der Waals surface area contributed by atoms with Gasteiger partial charge in [-0.15, -0.1) is 12.4 Å². The minimum Gasteiger partial charge on any atom is -0.370 e. The largest absolute Gasteiger partial charge is 0.370 e. The highest BCUT2D eigenvalue weighted by atomic mass is 35.5. The number of amides is 1. The van der Waals surface area contributed by atoms with Gasteiger partial charge in [-0.05, 0) is 12.3 Å². The van der Waals surface area contributed by atoms with Crippen LogP contribution in [-0.4, -0.2) is 11.9 Å².